The number of hydrogen-bond acceptors (Lipinski definition) is 6. The second-order valence-corrected chi connectivity index (χ2v) is 7.12. The number of hydrogen-bond donors (Lipinski definition) is 0. The van der Waals surface area contributed by atoms with Gasteiger partial charge in [-0.2, -0.15) is 5.10 Å². The number of carbonyl (C=O) groups is 2. The minimum absolute atomic E-state index is 0.343. The molecule has 0 amide bonds. The number of aromatic nitrogens is 2. The Balaban J connectivity index is 1.39. The van der Waals surface area contributed by atoms with Crippen LogP contribution >= 0.6 is 11.6 Å². The first-order valence-electron chi connectivity index (χ1n) is 9.61. The van der Waals surface area contributed by atoms with Crippen LogP contribution in [0.2, 0.25) is 5.15 Å². The van der Waals surface area contributed by atoms with Crippen LogP contribution in [0, 0.1) is 6.92 Å². The number of para-hydroxylation sites is 1. The maximum atomic E-state index is 12.3. The lowest BCUT2D eigenvalue weighted by atomic mass is 10.1. The molecule has 7 nitrogen and oxygen atoms in total. The second-order valence-electron chi connectivity index (χ2n) is 6.76. The van der Waals surface area contributed by atoms with Crippen LogP contribution in [-0.2, 0) is 9.53 Å². The van der Waals surface area contributed by atoms with Crippen LogP contribution in [0.15, 0.2) is 54.6 Å². The summed E-state index contributed by atoms with van der Waals surface area (Å²) in [6.45, 7) is 2.30. The number of rotatable bonds is 6. The van der Waals surface area contributed by atoms with Gasteiger partial charge in [-0.25, -0.2) is 9.48 Å². The van der Waals surface area contributed by atoms with Gasteiger partial charge in [0.1, 0.15) is 18.4 Å². The molecule has 0 aliphatic carbocycles. The third-order valence-electron chi connectivity index (χ3n) is 4.64. The van der Waals surface area contributed by atoms with Crippen molar-refractivity contribution in [2.24, 2.45) is 0 Å². The average Bonchev–Trinajstić information content (AvgIpc) is 3.09. The number of fused-ring (bicyclic) bond motifs is 1. The number of Topliss-reactive ketones (excluding diaryl/α,β-unsaturated/α-hetero) is 1. The highest BCUT2D eigenvalue weighted by Crippen LogP contribution is 2.31. The maximum absolute atomic E-state index is 12.3. The van der Waals surface area contributed by atoms with Gasteiger partial charge in [-0.3, -0.25) is 4.79 Å². The van der Waals surface area contributed by atoms with Crippen molar-refractivity contribution in [3.63, 3.8) is 0 Å². The van der Waals surface area contributed by atoms with Crippen molar-refractivity contribution in [1.29, 1.82) is 0 Å². The van der Waals surface area contributed by atoms with Gasteiger partial charge in [-0.15, -0.1) is 0 Å². The summed E-state index contributed by atoms with van der Waals surface area (Å²) in [7, 11) is 0. The molecule has 1 aliphatic rings. The molecular weight excluding hydrogens is 420 g/mol. The molecule has 2 aromatic carbocycles. The van der Waals surface area contributed by atoms with E-state index in [1.54, 1.807) is 29.8 Å². The van der Waals surface area contributed by atoms with E-state index in [1.165, 1.54) is 12.2 Å². The van der Waals surface area contributed by atoms with Crippen molar-refractivity contribution in [3.05, 3.63) is 76.6 Å². The molecular formula is C23H19ClN2O5. The highest BCUT2D eigenvalue weighted by atomic mass is 35.5. The van der Waals surface area contributed by atoms with Crippen molar-refractivity contribution in [2.75, 3.05) is 19.8 Å². The number of halogens is 1. The Hall–Kier alpha value is -3.58. The molecule has 1 aromatic heterocycles. The topological polar surface area (TPSA) is 79.7 Å². The molecule has 0 bridgehead atoms. The van der Waals surface area contributed by atoms with Crippen LogP contribution in [0.25, 0.3) is 11.8 Å². The fourth-order valence-corrected chi connectivity index (χ4v) is 3.41. The van der Waals surface area contributed by atoms with E-state index in [0.29, 0.717) is 46.7 Å². The van der Waals surface area contributed by atoms with E-state index in [4.69, 9.17) is 25.8 Å². The summed E-state index contributed by atoms with van der Waals surface area (Å²) in [6.07, 6.45) is 2.75. The molecule has 0 saturated heterocycles. The fourth-order valence-electron chi connectivity index (χ4n) is 3.08. The molecule has 0 saturated carbocycles. The molecule has 31 heavy (non-hydrogen) atoms. The van der Waals surface area contributed by atoms with Crippen LogP contribution in [-0.4, -0.2) is 41.4 Å². The molecule has 0 fully saturated rings. The summed E-state index contributed by atoms with van der Waals surface area (Å²) >= 11 is 6.43. The van der Waals surface area contributed by atoms with E-state index in [2.05, 4.69) is 5.10 Å². The van der Waals surface area contributed by atoms with Crippen molar-refractivity contribution in [1.82, 2.24) is 9.78 Å². The molecule has 0 N–H and O–H groups in total. The molecule has 158 valence electrons. The summed E-state index contributed by atoms with van der Waals surface area (Å²) in [6, 6.07) is 14.3. The first kappa shape index (κ1) is 20.7. The number of ether oxygens (including phenoxy) is 3. The quantitative estimate of drug-likeness (QED) is 0.328. The molecule has 4 rings (SSSR count). The molecule has 0 radical (unpaired) electrons. The Morgan fingerprint density at radius 3 is 2.65 bits per heavy atom. The summed E-state index contributed by atoms with van der Waals surface area (Å²) in [5, 5.41) is 4.79. The highest BCUT2D eigenvalue weighted by Gasteiger charge is 2.16. The standard InChI is InChI=1S/C23H19ClN2O5/c1-15-18(23(24)26(25-15)17-5-3-2-4-6-17)8-10-22(28)31-14-19(27)16-7-9-20-21(13-16)30-12-11-29-20/h2-10,13H,11-12,14H2,1H3/b10-8+. The van der Waals surface area contributed by atoms with E-state index in [9.17, 15) is 9.59 Å². The van der Waals surface area contributed by atoms with Gasteiger partial charge in [-0.05, 0) is 43.3 Å². The maximum Gasteiger partial charge on any atom is 0.331 e. The number of benzene rings is 2. The lowest BCUT2D eigenvalue weighted by Gasteiger charge is -2.18. The minimum Gasteiger partial charge on any atom is -0.486 e. The number of carbonyl (C=O) groups excluding carboxylic acids is 2. The van der Waals surface area contributed by atoms with Crippen LogP contribution in [0.1, 0.15) is 21.6 Å². The Kier molecular flexibility index (Phi) is 6.04. The first-order valence-corrected chi connectivity index (χ1v) is 9.99. The van der Waals surface area contributed by atoms with E-state index < -0.39 is 12.6 Å². The van der Waals surface area contributed by atoms with E-state index >= 15 is 0 Å². The zero-order valence-electron chi connectivity index (χ0n) is 16.7. The smallest absolute Gasteiger partial charge is 0.331 e. The molecule has 1 aliphatic heterocycles. The van der Waals surface area contributed by atoms with Gasteiger partial charge in [0.2, 0.25) is 0 Å². The minimum atomic E-state index is -0.658. The van der Waals surface area contributed by atoms with Gasteiger partial charge in [0.15, 0.2) is 23.9 Å². The van der Waals surface area contributed by atoms with Crippen molar-refractivity contribution in [3.8, 4) is 17.2 Å². The summed E-state index contributed by atoms with van der Waals surface area (Å²) in [5.74, 6) is 0.0912. The summed E-state index contributed by atoms with van der Waals surface area (Å²) in [4.78, 5) is 24.5. The molecule has 8 heteroatoms. The normalized spacial score (nSPS) is 12.7. The lowest BCUT2D eigenvalue weighted by Crippen LogP contribution is -2.17. The Morgan fingerprint density at radius 2 is 1.87 bits per heavy atom. The van der Waals surface area contributed by atoms with Gasteiger partial charge >= 0.3 is 5.97 Å². The Labute approximate surface area is 183 Å². The summed E-state index contributed by atoms with van der Waals surface area (Å²) in [5.41, 5.74) is 2.44. The zero-order valence-corrected chi connectivity index (χ0v) is 17.5. The SMILES string of the molecule is Cc1nn(-c2ccccc2)c(Cl)c1/C=C/C(=O)OCC(=O)c1ccc2c(c1)OCCO2. The predicted molar refractivity (Wildman–Crippen MR) is 115 cm³/mol. The Bertz CT molecular complexity index is 1150. The van der Waals surface area contributed by atoms with Gasteiger partial charge < -0.3 is 14.2 Å². The van der Waals surface area contributed by atoms with Crippen molar-refractivity contribution >= 4 is 29.4 Å². The number of aryl methyl sites for hydroxylation is 1. The van der Waals surface area contributed by atoms with Crippen LogP contribution < -0.4 is 9.47 Å². The van der Waals surface area contributed by atoms with Crippen LogP contribution in [0.5, 0.6) is 11.5 Å². The monoisotopic (exact) mass is 438 g/mol. The summed E-state index contributed by atoms with van der Waals surface area (Å²) < 4.78 is 17.6. The second kappa shape index (κ2) is 9.06. The van der Waals surface area contributed by atoms with E-state index in [0.717, 1.165) is 5.69 Å². The largest absolute Gasteiger partial charge is 0.486 e. The van der Waals surface area contributed by atoms with E-state index in [-0.39, 0.29) is 5.78 Å². The van der Waals surface area contributed by atoms with Crippen LogP contribution in [0.4, 0.5) is 0 Å². The Morgan fingerprint density at radius 1 is 1.13 bits per heavy atom. The number of esters is 1. The lowest BCUT2D eigenvalue weighted by molar-refractivity contribution is -0.136. The predicted octanol–water partition coefficient (Wildman–Crippen LogP) is 4.04. The zero-order chi connectivity index (χ0) is 21.8. The first-order chi connectivity index (χ1) is 15.0. The molecule has 3 aromatic rings. The van der Waals surface area contributed by atoms with Gasteiger partial charge in [-0.1, -0.05) is 29.8 Å². The van der Waals surface area contributed by atoms with Crippen molar-refractivity contribution < 1.29 is 23.8 Å². The average molecular weight is 439 g/mol. The third kappa shape index (κ3) is 4.62. The van der Waals surface area contributed by atoms with Gasteiger partial charge in [0, 0.05) is 17.2 Å². The molecule has 2 heterocycles. The number of nitrogens with zero attached hydrogens (tertiary/aromatic N) is 2. The third-order valence-corrected chi connectivity index (χ3v) is 5.01. The molecule has 0 unspecified atom stereocenters. The number of ketones is 1. The molecule has 0 atom stereocenters. The van der Waals surface area contributed by atoms with Crippen molar-refractivity contribution in [2.45, 2.75) is 6.92 Å². The highest BCUT2D eigenvalue weighted by molar-refractivity contribution is 6.31. The van der Waals surface area contributed by atoms with Crippen LogP contribution in [0.3, 0.4) is 0 Å². The van der Waals surface area contributed by atoms with Gasteiger partial charge in [0.05, 0.1) is 11.4 Å². The molecule has 0 spiro atoms. The fraction of sp³-hybridized carbons (Fsp3) is 0.174. The van der Waals surface area contributed by atoms with Gasteiger partial charge in [0.25, 0.3) is 0 Å². The van der Waals surface area contributed by atoms with E-state index in [1.807, 2.05) is 30.3 Å².